The summed E-state index contributed by atoms with van der Waals surface area (Å²) in [6.45, 7) is 2.38. The van der Waals surface area contributed by atoms with Crippen molar-refractivity contribution in [2.75, 3.05) is 26.4 Å². The molecule has 2 saturated heterocycles. The van der Waals surface area contributed by atoms with Crippen molar-refractivity contribution in [3.63, 3.8) is 0 Å². The van der Waals surface area contributed by atoms with Crippen molar-refractivity contribution < 1.29 is 73.8 Å². The number of esters is 2. The maximum atomic E-state index is 12.9. The van der Waals surface area contributed by atoms with Crippen LogP contribution in [0.2, 0.25) is 0 Å². The summed E-state index contributed by atoms with van der Waals surface area (Å²) in [5, 5.41) is 71.9. The van der Waals surface area contributed by atoms with Gasteiger partial charge in [0.25, 0.3) is 0 Å². The molecule has 0 radical (unpaired) electrons. The standard InChI is InChI=1S/C49H82O15/c1-3-5-7-9-11-13-15-16-17-18-19-20-22-23-25-27-29-31-40(51)59-34-37(62-41(52)32-30-28-26-24-21-14-12-10-8-6-4-2)35-60-48-47(58)45(56)43(54)39(64-48)36-61-49-46(57)44(55)42(53)38(33-50)63-49/h5,7,11,13,16-17,19-20,23,25,37-39,42-50,53-58H,3-4,6,8-10,12,14-15,18,21-22,24,26-36H2,1-2H3/b7-5-,13-11-,17-16-,20-19-,25-23-/t37-,38-,39-,42+,43+,44+,45+,46-,47-,48-,49+/m1/s1. The first-order chi connectivity index (χ1) is 31.0. The van der Waals surface area contributed by atoms with Crippen LogP contribution in [0.1, 0.15) is 142 Å². The second-order valence-electron chi connectivity index (χ2n) is 16.6. The van der Waals surface area contributed by atoms with E-state index in [0.29, 0.717) is 19.3 Å². The lowest BCUT2D eigenvalue weighted by Gasteiger charge is -2.42. The molecule has 64 heavy (non-hydrogen) atoms. The molecule has 0 saturated carbocycles. The number of allylic oxidation sites excluding steroid dienone is 10. The Balaban J connectivity index is 1.86. The highest BCUT2D eigenvalue weighted by atomic mass is 16.7. The van der Waals surface area contributed by atoms with E-state index in [1.165, 1.54) is 44.9 Å². The highest BCUT2D eigenvalue weighted by Gasteiger charge is 2.47. The van der Waals surface area contributed by atoms with E-state index in [-0.39, 0.29) is 19.4 Å². The first-order valence-electron chi connectivity index (χ1n) is 23.9. The predicted octanol–water partition coefficient (Wildman–Crippen LogP) is 5.70. The van der Waals surface area contributed by atoms with Gasteiger partial charge in [-0.1, -0.05) is 139 Å². The molecule has 7 N–H and O–H groups in total. The van der Waals surface area contributed by atoms with Crippen molar-refractivity contribution in [1.29, 1.82) is 0 Å². The van der Waals surface area contributed by atoms with Gasteiger partial charge in [0.05, 0.1) is 19.8 Å². The van der Waals surface area contributed by atoms with E-state index in [0.717, 1.165) is 51.4 Å². The molecule has 0 unspecified atom stereocenters. The summed E-state index contributed by atoms with van der Waals surface area (Å²) >= 11 is 0. The molecule has 15 nitrogen and oxygen atoms in total. The van der Waals surface area contributed by atoms with Crippen molar-refractivity contribution in [2.24, 2.45) is 0 Å². The van der Waals surface area contributed by atoms with Gasteiger partial charge in [-0.3, -0.25) is 9.59 Å². The van der Waals surface area contributed by atoms with Gasteiger partial charge < -0.3 is 64.2 Å². The summed E-state index contributed by atoms with van der Waals surface area (Å²) in [5.41, 5.74) is 0. The summed E-state index contributed by atoms with van der Waals surface area (Å²) in [4.78, 5) is 25.6. The smallest absolute Gasteiger partial charge is 0.306 e. The lowest BCUT2D eigenvalue weighted by molar-refractivity contribution is -0.332. The first-order valence-corrected chi connectivity index (χ1v) is 23.9. The average molecular weight is 911 g/mol. The highest BCUT2D eigenvalue weighted by Crippen LogP contribution is 2.26. The van der Waals surface area contributed by atoms with E-state index >= 15 is 0 Å². The highest BCUT2D eigenvalue weighted by molar-refractivity contribution is 5.70. The van der Waals surface area contributed by atoms with Crippen LogP contribution in [0.3, 0.4) is 0 Å². The second kappa shape index (κ2) is 36.3. The van der Waals surface area contributed by atoms with Crippen LogP contribution in [0.15, 0.2) is 60.8 Å². The SMILES string of the molecule is CC/C=C\C/C=C\C/C=C\C/C=C\C/C=C\CCCC(=O)OC[C@H](CO[C@@H]1O[C@H](CO[C@H]2O[C@H](CO)[C@H](O)[C@H](O)[C@H]2O)[C@H](O)[C@H](O)[C@H]1O)OC(=O)CCCCCCCCCCCCC. The Kier molecular flexibility index (Phi) is 32.5. The Morgan fingerprint density at radius 2 is 0.984 bits per heavy atom. The van der Waals surface area contributed by atoms with E-state index in [2.05, 4.69) is 62.5 Å². The number of aliphatic hydroxyl groups excluding tert-OH is 7. The largest absolute Gasteiger partial charge is 0.462 e. The Labute approximate surface area is 381 Å². The zero-order chi connectivity index (χ0) is 46.8. The summed E-state index contributed by atoms with van der Waals surface area (Å²) < 4.78 is 33.4. The van der Waals surface area contributed by atoms with Crippen LogP contribution in [0.5, 0.6) is 0 Å². The van der Waals surface area contributed by atoms with Crippen molar-refractivity contribution in [1.82, 2.24) is 0 Å². The van der Waals surface area contributed by atoms with Gasteiger partial charge in [0.2, 0.25) is 0 Å². The zero-order valence-electron chi connectivity index (χ0n) is 38.5. The van der Waals surface area contributed by atoms with Crippen molar-refractivity contribution in [3.8, 4) is 0 Å². The van der Waals surface area contributed by atoms with Crippen molar-refractivity contribution >= 4 is 11.9 Å². The molecule has 0 aromatic carbocycles. The van der Waals surface area contributed by atoms with E-state index in [9.17, 15) is 45.3 Å². The Morgan fingerprint density at radius 3 is 1.53 bits per heavy atom. The van der Waals surface area contributed by atoms with Crippen LogP contribution in [-0.4, -0.2) is 142 Å². The fourth-order valence-electron chi connectivity index (χ4n) is 7.07. The summed E-state index contributed by atoms with van der Waals surface area (Å²) in [6, 6.07) is 0. The van der Waals surface area contributed by atoms with Gasteiger partial charge in [-0.25, -0.2) is 0 Å². The topological polar surface area (TPSA) is 231 Å². The number of aliphatic hydroxyl groups is 7. The van der Waals surface area contributed by atoms with Crippen molar-refractivity contribution in [3.05, 3.63) is 60.8 Å². The minimum Gasteiger partial charge on any atom is -0.462 e. The molecule has 0 aliphatic carbocycles. The van der Waals surface area contributed by atoms with Crippen LogP contribution >= 0.6 is 0 Å². The average Bonchev–Trinajstić information content (AvgIpc) is 3.29. The van der Waals surface area contributed by atoms with E-state index in [1.807, 2.05) is 12.2 Å². The van der Waals surface area contributed by atoms with Crippen LogP contribution in [0.25, 0.3) is 0 Å². The molecular weight excluding hydrogens is 829 g/mol. The van der Waals surface area contributed by atoms with E-state index in [4.69, 9.17) is 28.4 Å². The number of unbranched alkanes of at least 4 members (excludes halogenated alkanes) is 11. The minimum absolute atomic E-state index is 0.138. The molecule has 2 heterocycles. The molecule has 2 aliphatic heterocycles. The predicted molar refractivity (Wildman–Crippen MR) is 243 cm³/mol. The minimum atomic E-state index is -1.77. The lowest BCUT2D eigenvalue weighted by atomic mass is 9.98. The number of carbonyl (C=O) groups excluding carboxylic acids is 2. The number of ether oxygens (including phenoxy) is 6. The quantitative estimate of drug-likeness (QED) is 0.0230. The molecule has 368 valence electrons. The number of rotatable bonds is 35. The van der Waals surface area contributed by atoms with Crippen LogP contribution in [0.4, 0.5) is 0 Å². The van der Waals surface area contributed by atoms with Gasteiger partial charge in [0.1, 0.15) is 55.4 Å². The molecule has 0 spiro atoms. The first kappa shape index (κ1) is 57.3. The number of hydrogen-bond acceptors (Lipinski definition) is 15. The number of carbonyl (C=O) groups is 2. The maximum absolute atomic E-state index is 12.9. The van der Waals surface area contributed by atoms with Crippen LogP contribution in [-0.2, 0) is 38.0 Å². The van der Waals surface area contributed by atoms with E-state index in [1.54, 1.807) is 0 Å². The Hall–Kier alpha value is -2.80. The molecule has 0 aromatic heterocycles. The second-order valence-corrected chi connectivity index (χ2v) is 16.6. The Bertz CT molecular complexity index is 1350. The third-order valence-corrected chi connectivity index (χ3v) is 11.0. The molecule has 0 bridgehead atoms. The van der Waals surface area contributed by atoms with Crippen LogP contribution in [0, 0.1) is 0 Å². The molecule has 0 aromatic rings. The van der Waals surface area contributed by atoms with Gasteiger partial charge in [0.15, 0.2) is 18.7 Å². The lowest BCUT2D eigenvalue weighted by Crippen LogP contribution is -2.61. The third kappa shape index (κ3) is 24.6. The molecule has 11 atom stereocenters. The zero-order valence-corrected chi connectivity index (χ0v) is 38.5. The summed E-state index contributed by atoms with van der Waals surface area (Å²) in [6.07, 6.45) is 22.7. The summed E-state index contributed by atoms with van der Waals surface area (Å²) in [7, 11) is 0. The molecular formula is C49H82O15. The number of hydrogen-bond donors (Lipinski definition) is 7. The van der Waals surface area contributed by atoms with Crippen LogP contribution < -0.4 is 0 Å². The Morgan fingerprint density at radius 1 is 0.516 bits per heavy atom. The maximum Gasteiger partial charge on any atom is 0.306 e. The fourth-order valence-corrected chi connectivity index (χ4v) is 7.07. The van der Waals surface area contributed by atoms with Gasteiger partial charge in [-0.05, 0) is 51.4 Å². The monoisotopic (exact) mass is 911 g/mol. The van der Waals surface area contributed by atoms with Crippen molar-refractivity contribution in [2.45, 2.75) is 210 Å². The van der Waals surface area contributed by atoms with Gasteiger partial charge in [-0.2, -0.15) is 0 Å². The van der Waals surface area contributed by atoms with Gasteiger partial charge >= 0.3 is 11.9 Å². The molecule has 2 fully saturated rings. The fraction of sp³-hybridized carbons (Fsp3) is 0.755. The van der Waals surface area contributed by atoms with E-state index < -0.39 is 99.3 Å². The summed E-state index contributed by atoms with van der Waals surface area (Å²) in [5.74, 6) is -0.998. The normalized spacial score (nSPS) is 27.1. The third-order valence-electron chi connectivity index (χ3n) is 11.0. The molecule has 2 rings (SSSR count). The molecule has 2 aliphatic rings. The molecule has 0 amide bonds. The van der Waals surface area contributed by atoms with Gasteiger partial charge in [-0.15, -0.1) is 0 Å². The molecule has 15 heteroatoms. The van der Waals surface area contributed by atoms with Gasteiger partial charge in [0, 0.05) is 12.8 Å².